The van der Waals surface area contributed by atoms with Crippen molar-refractivity contribution in [3.63, 3.8) is 0 Å². The van der Waals surface area contributed by atoms with Crippen molar-refractivity contribution in [1.82, 2.24) is 9.80 Å². The molecule has 2 N–H and O–H groups in total. The summed E-state index contributed by atoms with van der Waals surface area (Å²) >= 11 is 0. The first-order valence-electron chi connectivity index (χ1n) is 7.64. The zero-order chi connectivity index (χ0) is 15.6. The summed E-state index contributed by atoms with van der Waals surface area (Å²) in [5.74, 6) is 0.300. The predicted molar refractivity (Wildman–Crippen MR) is 88.1 cm³/mol. The lowest BCUT2D eigenvalue weighted by atomic mass is 9.94. The lowest BCUT2D eigenvalue weighted by molar-refractivity contribution is -0.183. The molecule has 1 heterocycles. The number of nitrogens with two attached hydrogens (primary N) is 1. The van der Waals surface area contributed by atoms with E-state index >= 15 is 0 Å². The molecule has 2 aliphatic rings. The molecule has 2 rings (SSSR count). The fourth-order valence-electron chi connectivity index (χ4n) is 3.42. The summed E-state index contributed by atoms with van der Waals surface area (Å²) < 4.78 is 38.1. The van der Waals surface area contributed by atoms with E-state index in [-0.39, 0.29) is 55.6 Å². The number of nitrogens with zero attached hydrogens (tertiary/aromatic N) is 2. The van der Waals surface area contributed by atoms with Gasteiger partial charge in [-0.3, -0.25) is 9.69 Å². The van der Waals surface area contributed by atoms with Gasteiger partial charge in [0.15, 0.2) is 0 Å². The molecule has 1 saturated carbocycles. The highest BCUT2D eigenvalue weighted by Crippen LogP contribution is 2.33. The maximum absolute atomic E-state index is 12.7. The second-order valence-electron chi connectivity index (χ2n) is 6.11. The standard InChI is InChI=1S/C14H24F3N3O.2ClH/c1-10(14(15,16)17)19-5-7-20(8-6-19)13(21)12-4-2-3-11(12)9-18;;/h10-12H,2-9,18H2,1H3;2*1H/t10?,11-,12-;;/m1../s1. The van der Waals surface area contributed by atoms with Gasteiger partial charge in [-0.25, -0.2) is 0 Å². The molecule has 0 radical (unpaired) electrons. The van der Waals surface area contributed by atoms with Gasteiger partial charge in [-0.15, -0.1) is 24.8 Å². The highest BCUT2D eigenvalue weighted by Gasteiger charge is 2.42. The van der Waals surface area contributed by atoms with E-state index in [1.54, 1.807) is 4.90 Å². The van der Waals surface area contributed by atoms with Gasteiger partial charge in [0.05, 0.1) is 0 Å². The molecule has 0 aromatic heterocycles. The number of halogens is 5. The quantitative estimate of drug-likeness (QED) is 0.818. The van der Waals surface area contributed by atoms with Crippen LogP contribution in [0.3, 0.4) is 0 Å². The summed E-state index contributed by atoms with van der Waals surface area (Å²) in [5, 5.41) is 0. The molecule has 0 spiro atoms. The van der Waals surface area contributed by atoms with E-state index in [0.29, 0.717) is 19.6 Å². The van der Waals surface area contributed by atoms with Crippen LogP contribution in [0.5, 0.6) is 0 Å². The Hall–Kier alpha value is -0.240. The number of carbonyl (C=O) groups excluding carboxylic acids is 1. The molecule has 23 heavy (non-hydrogen) atoms. The Balaban J connectivity index is 0.00000242. The molecule has 1 aliphatic heterocycles. The molecule has 9 heteroatoms. The van der Waals surface area contributed by atoms with Crippen molar-refractivity contribution < 1.29 is 18.0 Å². The minimum absolute atomic E-state index is 0. The Morgan fingerprint density at radius 2 is 1.74 bits per heavy atom. The number of amides is 1. The van der Waals surface area contributed by atoms with Gasteiger partial charge in [0.1, 0.15) is 6.04 Å². The van der Waals surface area contributed by atoms with E-state index in [4.69, 9.17) is 5.73 Å². The third-order valence-electron chi connectivity index (χ3n) is 4.93. The second-order valence-corrected chi connectivity index (χ2v) is 6.11. The number of rotatable bonds is 3. The molecule has 4 nitrogen and oxygen atoms in total. The highest BCUT2D eigenvalue weighted by atomic mass is 35.5. The van der Waals surface area contributed by atoms with Crippen molar-refractivity contribution in [2.45, 2.75) is 38.4 Å². The molecule has 1 saturated heterocycles. The summed E-state index contributed by atoms with van der Waals surface area (Å²) in [6, 6.07) is -1.45. The second kappa shape index (κ2) is 9.30. The lowest BCUT2D eigenvalue weighted by Crippen LogP contribution is -2.55. The van der Waals surface area contributed by atoms with E-state index in [2.05, 4.69) is 0 Å². The van der Waals surface area contributed by atoms with Crippen molar-refractivity contribution in [3.05, 3.63) is 0 Å². The average Bonchev–Trinajstić information content (AvgIpc) is 2.93. The van der Waals surface area contributed by atoms with Crippen molar-refractivity contribution in [2.24, 2.45) is 17.6 Å². The number of hydrogen-bond donors (Lipinski definition) is 1. The molecular weight excluding hydrogens is 354 g/mol. The normalized spacial score (nSPS) is 27.1. The summed E-state index contributed by atoms with van der Waals surface area (Å²) in [6.45, 7) is 3.03. The average molecular weight is 380 g/mol. The topological polar surface area (TPSA) is 49.6 Å². The van der Waals surface area contributed by atoms with Gasteiger partial charge < -0.3 is 10.6 Å². The van der Waals surface area contributed by atoms with Crippen LogP contribution in [-0.4, -0.2) is 60.6 Å². The monoisotopic (exact) mass is 379 g/mol. The summed E-state index contributed by atoms with van der Waals surface area (Å²) in [4.78, 5) is 15.6. The molecule has 1 amide bonds. The fraction of sp³-hybridized carbons (Fsp3) is 0.929. The van der Waals surface area contributed by atoms with E-state index in [0.717, 1.165) is 19.3 Å². The van der Waals surface area contributed by atoms with E-state index in [9.17, 15) is 18.0 Å². The highest BCUT2D eigenvalue weighted by molar-refractivity contribution is 5.85. The number of carbonyl (C=O) groups is 1. The molecule has 1 aliphatic carbocycles. The minimum Gasteiger partial charge on any atom is -0.340 e. The number of hydrogen-bond acceptors (Lipinski definition) is 3. The molecule has 0 aromatic rings. The zero-order valence-corrected chi connectivity index (χ0v) is 14.9. The van der Waals surface area contributed by atoms with Crippen LogP contribution in [0.1, 0.15) is 26.2 Å². The summed E-state index contributed by atoms with van der Waals surface area (Å²) in [6.07, 6.45) is -1.34. The van der Waals surface area contributed by atoms with Crippen LogP contribution in [0.4, 0.5) is 13.2 Å². The first-order valence-corrected chi connectivity index (χ1v) is 7.64. The van der Waals surface area contributed by atoms with Gasteiger partial charge in [-0.1, -0.05) is 6.42 Å². The van der Waals surface area contributed by atoms with Crippen LogP contribution in [0, 0.1) is 11.8 Å². The smallest absolute Gasteiger partial charge is 0.340 e. The molecule has 2 fully saturated rings. The first-order chi connectivity index (χ1) is 9.84. The van der Waals surface area contributed by atoms with Crippen LogP contribution in [-0.2, 0) is 4.79 Å². The third-order valence-corrected chi connectivity index (χ3v) is 4.93. The Kier molecular flexibility index (Phi) is 9.20. The van der Waals surface area contributed by atoms with Crippen molar-refractivity contribution in [2.75, 3.05) is 32.7 Å². The Bertz CT molecular complexity index is 377. The van der Waals surface area contributed by atoms with Crippen molar-refractivity contribution in [3.8, 4) is 0 Å². The fourth-order valence-corrected chi connectivity index (χ4v) is 3.42. The largest absolute Gasteiger partial charge is 0.403 e. The Morgan fingerprint density at radius 3 is 2.22 bits per heavy atom. The van der Waals surface area contributed by atoms with E-state index in [1.165, 1.54) is 11.8 Å². The van der Waals surface area contributed by atoms with Crippen molar-refractivity contribution >= 4 is 30.7 Å². The summed E-state index contributed by atoms with van der Waals surface area (Å²) in [5.41, 5.74) is 5.70. The minimum atomic E-state index is -4.21. The maximum atomic E-state index is 12.7. The predicted octanol–water partition coefficient (Wildman–Crippen LogP) is 2.30. The van der Waals surface area contributed by atoms with Crippen LogP contribution >= 0.6 is 24.8 Å². The van der Waals surface area contributed by atoms with Gasteiger partial charge >= 0.3 is 6.18 Å². The van der Waals surface area contributed by atoms with Gasteiger partial charge in [-0.2, -0.15) is 13.2 Å². The first kappa shape index (κ1) is 22.8. The molecule has 1 unspecified atom stereocenters. The van der Waals surface area contributed by atoms with Gasteiger partial charge in [0.2, 0.25) is 5.91 Å². The van der Waals surface area contributed by atoms with Crippen LogP contribution < -0.4 is 5.73 Å². The van der Waals surface area contributed by atoms with E-state index in [1.807, 2.05) is 0 Å². The number of alkyl halides is 3. The number of piperazine rings is 1. The Labute approximate surface area is 147 Å². The van der Waals surface area contributed by atoms with Crippen LogP contribution in [0.2, 0.25) is 0 Å². The lowest BCUT2D eigenvalue weighted by Gasteiger charge is -2.39. The van der Waals surface area contributed by atoms with Crippen molar-refractivity contribution in [1.29, 1.82) is 0 Å². The third kappa shape index (κ3) is 5.37. The Morgan fingerprint density at radius 1 is 1.17 bits per heavy atom. The molecule has 138 valence electrons. The van der Waals surface area contributed by atoms with E-state index < -0.39 is 12.2 Å². The van der Waals surface area contributed by atoms with Gasteiger partial charge in [0.25, 0.3) is 0 Å². The maximum Gasteiger partial charge on any atom is 0.403 e. The zero-order valence-electron chi connectivity index (χ0n) is 13.2. The summed E-state index contributed by atoms with van der Waals surface area (Å²) in [7, 11) is 0. The van der Waals surface area contributed by atoms with Crippen LogP contribution in [0.15, 0.2) is 0 Å². The van der Waals surface area contributed by atoms with Gasteiger partial charge in [-0.05, 0) is 32.2 Å². The SMILES string of the molecule is CC(N1CCN(C(=O)[C@@H]2CCC[C@@H]2CN)CC1)C(F)(F)F.Cl.Cl. The molecule has 0 aromatic carbocycles. The molecular formula is C14H26Cl2F3N3O. The molecule has 0 bridgehead atoms. The molecule has 3 atom stereocenters. The van der Waals surface area contributed by atoms with Gasteiger partial charge in [0, 0.05) is 32.1 Å². The van der Waals surface area contributed by atoms with Crippen LogP contribution in [0.25, 0.3) is 0 Å².